The van der Waals surface area contributed by atoms with Gasteiger partial charge in [-0.1, -0.05) is 166 Å². The second-order valence-electron chi connectivity index (χ2n) is 15.7. The number of esters is 3. The van der Waals surface area contributed by atoms with Gasteiger partial charge >= 0.3 is 17.9 Å². The van der Waals surface area contributed by atoms with Crippen molar-refractivity contribution in [3.05, 3.63) is 48.6 Å². The molecule has 0 N–H and O–H groups in total. The van der Waals surface area contributed by atoms with Crippen LogP contribution in [0.15, 0.2) is 48.6 Å². The zero-order chi connectivity index (χ0) is 40.8. The fourth-order valence-electron chi connectivity index (χ4n) is 6.39. The summed E-state index contributed by atoms with van der Waals surface area (Å²) < 4.78 is 16.7. The van der Waals surface area contributed by atoms with Crippen LogP contribution in [0.2, 0.25) is 0 Å². The van der Waals surface area contributed by atoms with E-state index in [-0.39, 0.29) is 31.1 Å². The summed E-state index contributed by atoms with van der Waals surface area (Å²) in [6, 6.07) is 0. The van der Waals surface area contributed by atoms with Gasteiger partial charge in [-0.25, -0.2) is 0 Å². The molecule has 0 radical (unpaired) electrons. The highest BCUT2D eigenvalue weighted by atomic mass is 16.6. The van der Waals surface area contributed by atoms with Crippen molar-refractivity contribution in [3.8, 4) is 0 Å². The summed E-state index contributed by atoms with van der Waals surface area (Å²) in [6.07, 6.45) is 52.3. The van der Waals surface area contributed by atoms with E-state index in [4.69, 9.17) is 14.2 Å². The Bertz CT molecular complexity index is 996. The number of hydrogen-bond acceptors (Lipinski definition) is 6. The third-order valence-corrected chi connectivity index (χ3v) is 10.0. The van der Waals surface area contributed by atoms with Crippen LogP contribution >= 0.6 is 0 Å². The zero-order valence-electron chi connectivity index (χ0n) is 36.9. The molecule has 0 spiro atoms. The van der Waals surface area contributed by atoms with Gasteiger partial charge < -0.3 is 14.2 Å². The molecule has 6 heteroatoms. The monoisotopic (exact) mass is 785 g/mol. The van der Waals surface area contributed by atoms with Crippen LogP contribution < -0.4 is 0 Å². The van der Waals surface area contributed by atoms with Crippen LogP contribution in [0.3, 0.4) is 0 Å². The average molecular weight is 785 g/mol. The van der Waals surface area contributed by atoms with Gasteiger partial charge in [-0.15, -0.1) is 0 Å². The quantitative estimate of drug-likeness (QED) is 0.0265. The van der Waals surface area contributed by atoms with Crippen molar-refractivity contribution in [1.82, 2.24) is 0 Å². The Morgan fingerprint density at radius 2 is 0.661 bits per heavy atom. The van der Waals surface area contributed by atoms with E-state index >= 15 is 0 Å². The normalized spacial score (nSPS) is 12.4. The molecule has 0 saturated carbocycles. The second kappa shape index (κ2) is 45.1. The number of hydrogen-bond donors (Lipinski definition) is 0. The van der Waals surface area contributed by atoms with E-state index < -0.39 is 6.10 Å². The van der Waals surface area contributed by atoms with Gasteiger partial charge in [0.2, 0.25) is 0 Å². The summed E-state index contributed by atoms with van der Waals surface area (Å²) in [6.45, 7) is 6.51. The van der Waals surface area contributed by atoms with Crippen molar-refractivity contribution in [2.24, 2.45) is 0 Å². The molecule has 0 saturated heterocycles. The van der Waals surface area contributed by atoms with Crippen molar-refractivity contribution >= 4 is 17.9 Å². The van der Waals surface area contributed by atoms with E-state index in [1.165, 1.54) is 96.3 Å². The predicted octanol–water partition coefficient (Wildman–Crippen LogP) is 15.1. The maximum atomic E-state index is 12.7. The summed E-state index contributed by atoms with van der Waals surface area (Å²) >= 11 is 0. The molecule has 0 aromatic rings. The van der Waals surface area contributed by atoms with Crippen molar-refractivity contribution in [2.45, 2.75) is 239 Å². The van der Waals surface area contributed by atoms with E-state index in [1.54, 1.807) is 0 Å². The van der Waals surface area contributed by atoms with Gasteiger partial charge in [-0.2, -0.15) is 0 Å². The molecule has 6 nitrogen and oxygen atoms in total. The smallest absolute Gasteiger partial charge is 0.306 e. The van der Waals surface area contributed by atoms with Crippen LogP contribution in [0.5, 0.6) is 0 Å². The minimum absolute atomic E-state index is 0.0854. The molecule has 0 fully saturated rings. The van der Waals surface area contributed by atoms with Gasteiger partial charge in [0.1, 0.15) is 13.2 Å². The first-order chi connectivity index (χ1) is 27.5. The van der Waals surface area contributed by atoms with E-state index in [0.29, 0.717) is 19.3 Å². The summed E-state index contributed by atoms with van der Waals surface area (Å²) in [5, 5.41) is 0. The topological polar surface area (TPSA) is 78.9 Å². The molecular formula is C50H88O6. The van der Waals surface area contributed by atoms with E-state index in [1.807, 2.05) is 0 Å². The summed E-state index contributed by atoms with van der Waals surface area (Å²) in [7, 11) is 0. The van der Waals surface area contributed by atoms with Gasteiger partial charge in [-0.05, 0) is 96.3 Å². The van der Waals surface area contributed by atoms with Crippen molar-refractivity contribution in [3.63, 3.8) is 0 Å². The molecule has 324 valence electrons. The Labute approximate surface area is 346 Å². The molecule has 0 rings (SSSR count). The Hall–Kier alpha value is -2.63. The Balaban J connectivity index is 4.41. The Kier molecular flexibility index (Phi) is 43.0. The van der Waals surface area contributed by atoms with E-state index in [9.17, 15) is 14.4 Å². The third-order valence-electron chi connectivity index (χ3n) is 10.0. The van der Waals surface area contributed by atoms with Gasteiger partial charge in [-0.3, -0.25) is 14.4 Å². The predicted molar refractivity (Wildman–Crippen MR) is 238 cm³/mol. The fraction of sp³-hybridized carbons (Fsp3) is 0.780. The standard InChI is InChI=1S/C50H88O6/c1-4-7-10-13-16-19-22-24-25-26-29-31-34-37-40-43-49(52)55-46-47(45-54-48(51)42-39-36-33-30-27-21-18-15-12-9-6-3)56-50(53)44-41-38-35-32-28-23-20-17-14-11-8-5-2/h15-20,24-25,47H,4-14,21-23,26-46H2,1-3H3/b18-15-,19-16-,20-17-,25-24-. The largest absolute Gasteiger partial charge is 0.462 e. The summed E-state index contributed by atoms with van der Waals surface area (Å²) in [5.74, 6) is -0.918. The first kappa shape index (κ1) is 53.4. The minimum Gasteiger partial charge on any atom is -0.462 e. The van der Waals surface area contributed by atoms with Gasteiger partial charge in [0.25, 0.3) is 0 Å². The third kappa shape index (κ3) is 42.5. The first-order valence-electron chi connectivity index (χ1n) is 23.6. The van der Waals surface area contributed by atoms with Crippen LogP contribution in [0.4, 0.5) is 0 Å². The highest BCUT2D eigenvalue weighted by molar-refractivity contribution is 5.71. The van der Waals surface area contributed by atoms with Crippen LogP contribution in [0.25, 0.3) is 0 Å². The van der Waals surface area contributed by atoms with Crippen LogP contribution in [-0.2, 0) is 28.6 Å². The van der Waals surface area contributed by atoms with Crippen LogP contribution in [-0.4, -0.2) is 37.2 Å². The lowest BCUT2D eigenvalue weighted by molar-refractivity contribution is -0.167. The molecule has 0 aliphatic heterocycles. The van der Waals surface area contributed by atoms with Crippen LogP contribution in [0.1, 0.15) is 233 Å². The van der Waals surface area contributed by atoms with Crippen molar-refractivity contribution in [2.75, 3.05) is 13.2 Å². The zero-order valence-corrected chi connectivity index (χ0v) is 36.9. The molecule has 0 bridgehead atoms. The number of carbonyl (C=O) groups is 3. The molecule has 0 heterocycles. The number of allylic oxidation sites excluding steroid dienone is 8. The molecule has 0 amide bonds. The molecule has 0 aliphatic carbocycles. The molecule has 1 atom stereocenters. The molecule has 0 aliphatic rings. The molecule has 0 aromatic heterocycles. The number of ether oxygens (including phenoxy) is 3. The summed E-state index contributed by atoms with van der Waals surface area (Å²) in [5.41, 5.74) is 0. The number of unbranched alkanes of at least 4 members (excludes halogenated alkanes) is 23. The number of carbonyl (C=O) groups excluding carboxylic acids is 3. The van der Waals surface area contributed by atoms with Gasteiger partial charge in [0.05, 0.1) is 0 Å². The maximum absolute atomic E-state index is 12.7. The summed E-state index contributed by atoms with van der Waals surface area (Å²) in [4.78, 5) is 37.8. The lowest BCUT2D eigenvalue weighted by atomic mass is 10.1. The molecule has 56 heavy (non-hydrogen) atoms. The minimum atomic E-state index is -0.783. The van der Waals surface area contributed by atoms with E-state index in [0.717, 1.165) is 96.3 Å². The SMILES string of the molecule is CCCC/C=C\CCCCCCCC(=O)OCC(COC(=O)CCCCCCC/C=C\C/C=C\CCCCC)OC(=O)CCCCCCC/C=C\CCCCC. The number of rotatable bonds is 42. The van der Waals surface area contributed by atoms with E-state index in [2.05, 4.69) is 69.4 Å². The molecular weight excluding hydrogens is 697 g/mol. The fourth-order valence-corrected chi connectivity index (χ4v) is 6.39. The second-order valence-corrected chi connectivity index (χ2v) is 15.7. The molecule has 1 unspecified atom stereocenters. The Morgan fingerprint density at radius 3 is 1.05 bits per heavy atom. The van der Waals surface area contributed by atoms with Gasteiger partial charge in [0.15, 0.2) is 6.10 Å². The van der Waals surface area contributed by atoms with Gasteiger partial charge in [0, 0.05) is 19.3 Å². The lowest BCUT2D eigenvalue weighted by Gasteiger charge is -2.18. The highest BCUT2D eigenvalue weighted by Crippen LogP contribution is 2.13. The molecule has 0 aromatic carbocycles. The van der Waals surface area contributed by atoms with Crippen LogP contribution in [0, 0.1) is 0 Å². The van der Waals surface area contributed by atoms with Crippen molar-refractivity contribution in [1.29, 1.82) is 0 Å². The van der Waals surface area contributed by atoms with Crippen molar-refractivity contribution < 1.29 is 28.6 Å². The first-order valence-corrected chi connectivity index (χ1v) is 23.6. The maximum Gasteiger partial charge on any atom is 0.306 e. The average Bonchev–Trinajstić information content (AvgIpc) is 3.19. The highest BCUT2D eigenvalue weighted by Gasteiger charge is 2.19. The Morgan fingerprint density at radius 1 is 0.357 bits per heavy atom. The lowest BCUT2D eigenvalue weighted by Crippen LogP contribution is -2.30.